The van der Waals surface area contributed by atoms with Crippen LogP contribution in [0.5, 0.6) is 0 Å². The van der Waals surface area contributed by atoms with Crippen LogP contribution in [0.3, 0.4) is 0 Å². The first-order chi connectivity index (χ1) is 5.74. The quantitative estimate of drug-likeness (QED) is 0.682. The van der Waals surface area contributed by atoms with E-state index in [1.54, 1.807) is 0 Å². The Bertz CT molecular complexity index is 125. The van der Waals surface area contributed by atoms with E-state index >= 15 is 0 Å². The summed E-state index contributed by atoms with van der Waals surface area (Å²) in [6.07, 6.45) is 4.40. The highest BCUT2D eigenvalue weighted by molar-refractivity contribution is 9.09. The standard InChI is InChI=1S/C10H19BrO/c1-8-3-4-10(7-9(8)2)12-6-5-11/h8-10H,3-7H2,1-2H3. The van der Waals surface area contributed by atoms with E-state index in [-0.39, 0.29) is 0 Å². The molecule has 0 aromatic heterocycles. The predicted molar refractivity (Wildman–Crippen MR) is 55.7 cm³/mol. The monoisotopic (exact) mass is 234 g/mol. The summed E-state index contributed by atoms with van der Waals surface area (Å²) in [6, 6.07) is 0. The minimum absolute atomic E-state index is 0.536. The fraction of sp³-hybridized carbons (Fsp3) is 1.00. The zero-order valence-corrected chi connectivity index (χ0v) is 9.64. The second-order valence-corrected chi connectivity index (χ2v) is 4.74. The summed E-state index contributed by atoms with van der Waals surface area (Å²) in [6.45, 7) is 5.56. The van der Waals surface area contributed by atoms with Crippen molar-refractivity contribution in [2.75, 3.05) is 11.9 Å². The third kappa shape index (κ3) is 3.06. The number of hydrogen-bond acceptors (Lipinski definition) is 1. The molecule has 0 aromatic carbocycles. The molecule has 1 rings (SSSR count). The topological polar surface area (TPSA) is 9.23 Å². The molecule has 1 saturated carbocycles. The van der Waals surface area contributed by atoms with Crippen molar-refractivity contribution in [2.24, 2.45) is 11.8 Å². The SMILES string of the molecule is CC1CCC(OCCBr)CC1C. The molecule has 0 spiro atoms. The zero-order chi connectivity index (χ0) is 8.97. The van der Waals surface area contributed by atoms with Gasteiger partial charge in [0.05, 0.1) is 12.7 Å². The lowest BCUT2D eigenvalue weighted by molar-refractivity contribution is 0.0111. The van der Waals surface area contributed by atoms with Gasteiger partial charge in [-0.15, -0.1) is 0 Å². The van der Waals surface area contributed by atoms with Crippen LogP contribution in [0.15, 0.2) is 0 Å². The fourth-order valence-electron chi connectivity index (χ4n) is 1.86. The molecule has 0 heterocycles. The van der Waals surface area contributed by atoms with Crippen molar-refractivity contribution in [3.8, 4) is 0 Å². The fourth-order valence-corrected chi connectivity index (χ4v) is 2.05. The molecule has 0 radical (unpaired) electrons. The Labute approximate surface area is 84.0 Å². The summed E-state index contributed by atoms with van der Waals surface area (Å²) in [7, 11) is 0. The smallest absolute Gasteiger partial charge is 0.0578 e. The van der Waals surface area contributed by atoms with Gasteiger partial charge in [0, 0.05) is 5.33 Å². The average Bonchev–Trinajstić information content (AvgIpc) is 2.07. The molecule has 1 fully saturated rings. The van der Waals surface area contributed by atoms with Crippen LogP contribution in [-0.4, -0.2) is 18.0 Å². The summed E-state index contributed by atoms with van der Waals surface area (Å²) in [5.74, 6) is 1.74. The molecule has 72 valence electrons. The predicted octanol–water partition coefficient (Wildman–Crippen LogP) is 3.22. The molecule has 0 saturated heterocycles. The van der Waals surface area contributed by atoms with Crippen LogP contribution in [0.4, 0.5) is 0 Å². The highest BCUT2D eigenvalue weighted by atomic mass is 79.9. The van der Waals surface area contributed by atoms with Crippen molar-refractivity contribution >= 4 is 15.9 Å². The van der Waals surface area contributed by atoms with Gasteiger partial charge in [-0.2, -0.15) is 0 Å². The highest BCUT2D eigenvalue weighted by Gasteiger charge is 2.24. The average molecular weight is 235 g/mol. The van der Waals surface area contributed by atoms with Gasteiger partial charge in [-0.1, -0.05) is 29.8 Å². The maximum Gasteiger partial charge on any atom is 0.0578 e. The van der Waals surface area contributed by atoms with Gasteiger partial charge >= 0.3 is 0 Å². The van der Waals surface area contributed by atoms with Crippen molar-refractivity contribution in [3.63, 3.8) is 0 Å². The molecule has 1 aliphatic rings. The third-order valence-corrected chi connectivity index (χ3v) is 3.30. The summed E-state index contributed by atoms with van der Waals surface area (Å²) in [5, 5.41) is 0.966. The summed E-state index contributed by atoms with van der Waals surface area (Å²) in [5.41, 5.74) is 0. The normalized spacial score (nSPS) is 36.8. The van der Waals surface area contributed by atoms with Gasteiger partial charge in [0.15, 0.2) is 0 Å². The first kappa shape index (κ1) is 10.5. The molecular weight excluding hydrogens is 216 g/mol. The minimum atomic E-state index is 0.536. The zero-order valence-electron chi connectivity index (χ0n) is 8.05. The van der Waals surface area contributed by atoms with Crippen LogP contribution >= 0.6 is 15.9 Å². The highest BCUT2D eigenvalue weighted by Crippen LogP contribution is 2.30. The molecule has 0 aromatic rings. The van der Waals surface area contributed by atoms with Gasteiger partial charge in [0.2, 0.25) is 0 Å². The van der Waals surface area contributed by atoms with E-state index in [1.165, 1.54) is 19.3 Å². The van der Waals surface area contributed by atoms with Gasteiger partial charge in [0.1, 0.15) is 0 Å². The largest absolute Gasteiger partial charge is 0.377 e. The number of rotatable bonds is 3. The van der Waals surface area contributed by atoms with Gasteiger partial charge in [-0.25, -0.2) is 0 Å². The van der Waals surface area contributed by atoms with E-state index in [9.17, 15) is 0 Å². The lowest BCUT2D eigenvalue weighted by Crippen LogP contribution is -2.27. The Hall–Kier alpha value is 0.440. The second kappa shape index (κ2) is 5.23. The van der Waals surface area contributed by atoms with E-state index in [1.807, 2.05) is 0 Å². The first-order valence-corrected chi connectivity index (χ1v) is 6.03. The summed E-state index contributed by atoms with van der Waals surface area (Å²) in [4.78, 5) is 0. The maximum atomic E-state index is 5.70. The summed E-state index contributed by atoms with van der Waals surface area (Å²) >= 11 is 3.38. The molecule has 3 unspecified atom stereocenters. The maximum absolute atomic E-state index is 5.70. The van der Waals surface area contributed by atoms with E-state index in [0.717, 1.165) is 23.8 Å². The third-order valence-electron chi connectivity index (χ3n) is 2.98. The Morgan fingerprint density at radius 1 is 1.25 bits per heavy atom. The lowest BCUT2D eigenvalue weighted by Gasteiger charge is -2.31. The lowest BCUT2D eigenvalue weighted by atomic mass is 9.80. The Kier molecular flexibility index (Phi) is 4.59. The van der Waals surface area contributed by atoms with Crippen molar-refractivity contribution in [2.45, 2.75) is 39.2 Å². The van der Waals surface area contributed by atoms with Gasteiger partial charge < -0.3 is 4.74 Å². The number of ether oxygens (including phenoxy) is 1. The van der Waals surface area contributed by atoms with E-state index in [4.69, 9.17) is 4.74 Å². The molecule has 0 N–H and O–H groups in total. The van der Waals surface area contributed by atoms with Crippen LogP contribution in [0.1, 0.15) is 33.1 Å². The Morgan fingerprint density at radius 2 is 2.00 bits per heavy atom. The van der Waals surface area contributed by atoms with Crippen molar-refractivity contribution in [3.05, 3.63) is 0 Å². The molecule has 2 heteroatoms. The van der Waals surface area contributed by atoms with Gasteiger partial charge in [-0.05, 0) is 31.1 Å². The van der Waals surface area contributed by atoms with Gasteiger partial charge in [-0.3, -0.25) is 0 Å². The number of hydrogen-bond donors (Lipinski definition) is 0. The van der Waals surface area contributed by atoms with Gasteiger partial charge in [0.25, 0.3) is 0 Å². The molecule has 0 aliphatic heterocycles. The van der Waals surface area contributed by atoms with Crippen molar-refractivity contribution < 1.29 is 4.74 Å². The Morgan fingerprint density at radius 3 is 2.58 bits per heavy atom. The molecule has 0 amide bonds. The molecule has 1 aliphatic carbocycles. The van der Waals surface area contributed by atoms with Crippen LogP contribution in [0.25, 0.3) is 0 Å². The van der Waals surface area contributed by atoms with E-state index in [0.29, 0.717) is 6.10 Å². The van der Waals surface area contributed by atoms with Crippen molar-refractivity contribution in [1.29, 1.82) is 0 Å². The number of halogens is 1. The van der Waals surface area contributed by atoms with E-state index in [2.05, 4.69) is 29.8 Å². The molecule has 12 heavy (non-hydrogen) atoms. The summed E-state index contributed by atoms with van der Waals surface area (Å²) < 4.78 is 5.70. The van der Waals surface area contributed by atoms with Crippen LogP contribution in [0, 0.1) is 11.8 Å². The minimum Gasteiger partial charge on any atom is -0.377 e. The molecule has 1 nitrogen and oxygen atoms in total. The number of alkyl halides is 1. The Balaban J connectivity index is 2.21. The van der Waals surface area contributed by atoms with Crippen LogP contribution in [0.2, 0.25) is 0 Å². The van der Waals surface area contributed by atoms with E-state index < -0.39 is 0 Å². The first-order valence-electron chi connectivity index (χ1n) is 4.91. The van der Waals surface area contributed by atoms with Crippen LogP contribution in [-0.2, 0) is 4.74 Å². The van der Waals surface area contributed by atoms with Crippen molar-refractivity contribution in [1.82, 2.24) is 0 Å². The van der Waals surface area contributed by atoms with Crippen LogP contribution < -0.4 is 0 Å². The molecule has 0 bridgehead atoms. The second-order valence-electron chi connectivity index (χ2n) is 3.95. The molecule has 3 atom stereocenters. The molecular formula is C10H19BrO.